The van der Waals surface area contributed by atoms with E-state index in [0.717, 1.165) is 45.3 Å². The second-order valence-electron chi connectivity index (χ2n) is 10.5. The number of carbonyl (C=O) groups excluding carboxylic acids is 2. The van der Waals surface area contributed by atoms with Crippen molar-refractivity contribution in [2.75, 3.05) is 12.4 Å². The number of rotatable bonds is 4. The van der Waals surface area contributed by atoms with E-state index in [-0.39, 0.29) is 29.1 Å². The molecule has 35 heavy (non-hydrogen) atoms. The van der Waals surface area contributed by atoms with Crippen molar-refractivity contribution < 1.29 is 19.1 Å². The van der Waals surface area contributed by atoms with Gasteiger partial charge in [-0.2, -0.15) is 0 Å². The molecule has 2 aliphatic rings. The third-order valence-electron chi connectivity index (χ3n) is 6.80. The molecule has 6 heteroatoms. The van der Waals surface area contributed by atoms with Gasteiger partial charge in [0.15, 0.2) is 17.3 Å². The molecule has 6 nitrogen and oxygen atoms in total. The van der Waals surface area contributed by atoms with Crippen molar-refractivity contribution in [2.45, 2.75) is 46.6 Å². The molecule has 1 aromatic heterocycles. The number of aromatic nitrogens is 1. The summed E-state index contributed by atoms with van der Waals surface area (Å²) in [4.78, 5) is 30.3. The lowest BCUT2D eigenvalue weighted by molar-refractivity contribution is -0.137. The number of nitrogens with one attached hydrogen (secondary N) is 1. The van der Waals surface area contributed by atoms with Crippen molar-refractivity contribution in [3.63, 3.8) is 0 Å². The highest BCUT2D eigenvalue weighted by Gasteiger charge is 2.41. The predicted molar refractivity (Wildman–Crippen MR) is 137 cm³/mol. The van der Waals surface area contributed by atoms with Crippen LogP contribution >= 0.6 is 0 Å². The topological polar surface area (TPSA) is 77.5 Å². The lowest BCUT2D eigenvalue weighted by Gasteiger charge is -2.40. The number of Topliss-reactive ketones (excluding diaryl/α,β-unsaturated/α-hetero) is 1. The van der Waals surface area contributed by atoms with Gasteiger partial charge < -0.3 is 14.8 Å². The Morgan fingerprint density at radius 3 is 2.66 bits per heavy atom. The minimum atomic E-state index is -0.334. The number of allylic oxidation sites excluding steroid dienone is 1. The van der Waals surface area contributed by atoms with Gasteiger partial charge in [-0.1, -0.05) is 39.8 Å². The zero-order valence-electron chi connectivity index (χ0n) is 20.8. The Labute approximate surface area is 205 Å². The highest BCUT2D eigenvalue weighted by Crippen LogP contribution is 2.52. The Morgan fingerprint density at radius 2 is 1.91 bits per heavy atom. The number of nitrogens with zero attached hydrogens (tertiary/aromatic N) is 1. The number of pyridine rings is 1. The fourth-order valence-electron chi connectivity index (χ4n) is 5.14. The van der Waals surface area contributed by atoms with Gasteiger partial charge in [0.1, 0.15) is 0 Å². The SMILES string of the molecule is COc1cc([C@H]2Nc3ccc4ncccc4c3C3=C2C(=O)CC(C)(C)C3)ccc1OC(=O)C(C)C. The number of methoxy groups -OCH3 is 1. The maximum Gasteiger partial charge on any atom is 0.313 e. The molecule has 0 spiro atoms. The Morgan fingerprint density at radius 1 is 1.11 bits per heavy atom. The summed E-state index contributed by atoms with van der Waals surface area (Å²) in [5, 5.41) is 4.67. The molecule has 0 radical (unpaired) electrons. The van der Waals surface area contributed by atoms with Crippen LogP contribution in [0.25, 0.3) is 16.5 Å². The van der Waals surface area contributed by atoms with E-state index in [4.69, 9.17) is 9.47 Å². The van der Waals surface area contributed by atoms with E-state index in [2.05, 4.69) is 30.2 Å². The predicted octanol–water partition coefficient (Wildman–Crippen LogP) is 6.11. The van der Waals surface area contributed by atoms with Crippen LogP contribution < -0.4 is 14.8 Å². The third kappa shape index (κ3) is 4.07. The van der Waals surface area contributed by atoms with Crippen LogP contribution in [0, 0.1) is 11.3 Å². The molecule has 2 aromatic carbocycles. The Kier molecular flexibility index (Phi) is 5.62. The maximum atomic E-state index is 13.6. The van der Waals surface area contributed by atoms with Gasteiger partial charge in [-0.15, -0.1) is 0 Å². The van der Waals surface area contributed by atoms with E-state index in [1.54, 1.807) is 33.2 Å². The van der Waals surface area contributed by atoms with E-state index in [0.29, 0.717) is 17.9 Å². The quantitative estimate of drug-likeness (QED) is 0.366. The largest absolute Gasteiger partial charge is 0.493 e. The first kappa shape index (κ1) is 23.1. The van der Waals surface area contributed by atoms with Gasteiger partial charge in [-0.25, -0.2) is 0 Å². The van der Waals surface area contributed by atoms with Crippen molar-refractivity contribution in [1.29, 1.82) is 0 Å². The van der Waals surface area contributed by atoms with Gasteiger partial charge >= 0.3 is 5.97 Å². The number of carbonyl (C=O) groups is 2. The molecular weight excluding hydrogens is 440 g/mol. The number of esters is 1. The normalized spacial score (nSPS) is 18.7. The number of fused-ring (bicyclic) bond motifs is 4. The lowest BCUT2D eigenvalue weighted by Crippen LogP contribution is -2.33. The van der Waals surface area contributed by atoms with Crippen molar-refractivity contribution in [1.82, 2.24) is 4.98 Å². The monoisotopic (exact) mass is 470 g/mol. The van der Waals surface area contributed by atoms with Crippen LogP contribution in [0.15, 0.2) is 54.2 Å². The average Bonchev–Trinajstić information content (AvgIpc) is 2.82. The van der Waals surface area contributed by atoms with Crippen molar-refractivity contribution in [3.05, 3.63) is 65.4 Å². The third-order valence-corrected chi connectivity index (χ3v) is 6.80. The van der Waals surface area contributed by atoms with Crippen molar-refractivity contribution in [2.24, 2.45) is 11.3 Å². The molecule has 1 atom stereocenters. The first-order chi connectivity index (χ1) is 16.7. The number of anilines is 1. The van der Waals surface area contributed by atoms with Crippen LogP contribution in [-0.4, -0.2) is 23.8 Å². The molecule has 0 unspecified atom stereocenters. The second kappa shape index (κ2) is 8.52. The minimum Gasteiger partial charge on any atom is -0.493 e. The standard InChI is InChI=1S/C29H30N2O4/c1-16(2)28(33)35-23-11-8-17(13-24(23)34-5)27-26-19(14-29(3,4)15-22(26)32)25-18-7-6-12-30-20(18)9-10-21(25)31-27/h6-13,16,27,31H,14-15H2,1-5H3/t27-/m1/s1. The van der Waals surface area contributed by atoms with Gasteiger partial charge in [0.05, 0.1) is 24.6 Å². The first-order valence-electron chi connectivity index (χ1n) is 12.0. The van der Waals surface area contributed by atoms with Gasteiger partial charge in [-0.05, 0) is 53.3 Å². The highest BCUT2D eigenvalue weighted by atomic mass is 16.6. The van der Waals surface area contributed by atoms with Crippen LogP contribution in [0.1, 0.15) is 57.7 Å². The molecule has 1 N–H and O–H groups in total. The number of hydrogen-bond acceptors (Lipinski definition) is 6. The molecule has 1 aliphatic heterocycles. The van der Waals surface area contributed by atoms with E-state index in [1.807, 2.05) is 30.3 Å². The molecule has 5 rings (SSSR count). The van der Waals surface area contributed by atoms with E-state index in [9.17, 15) is 9.59 Å². The zero-order valence-corrected chi connectivity index (χ0v) is 20.8. The highest BCUT2D eigenvalue weighted by molar-refractivity contribution is 6.12. The van der Waals surface area contributed by atoms with Crippen LogP contribution in [0.3, 0.4) is 0 Å². The lowest BCUT2D eigenvalue weighted by atomic mass is 9.68. The summed E-state index contributed by atoms with van der Waals surface area (Å²) in [7, 11) is 1.55. The number of benzene rings is 2. The van der Waals surface area contributed by atoms with E-state index < -0.39 is 0 Å². The number of ether oxygens (including phenoxy) is 2. The molecule has 2 heterocycles. The van der Waals surface area contributed by atoms with Gasteiger partial charge in [0.25, 0.3) is 0 Å². The molecule has 0 fully saturated rings. The molecule has 1 aliphatic carbocycles. The molecule has 3 aromatic rings. The smallest absolute Gasteiger partial charge is 0.313 e. The van der Waals surface area contributed by atoms with E-state index in [1.165, 1.54) is 0 Å². The van der Waals surface area contributed by atoms with Gasteiger partial charge in [0, 0.05) is 34.8 Å². The second-order valence-corrected chi connectivity index (χ2v) is 10.5. The summed E-state index contributed by atoms with van der Waals surface area (Å²) in [6.07, 6.45) is 3.08. The summed E-state index contributed by atoms with van der Waals surface area (Å²) in [6.45, 7) is 7.87. The van der Waals surface area contributed by atoms with Crippen molar-refractivity contribution in [3.8, 4) is 11.5 Å². The van der Waals surface area contributed by atoms with Crippen LogP contribution in [-0.2, 0) is 9.59 Å². The maximum absolute atomic E-state index is 13.6. The summed E-state index contributed by atoms with van der Waals surface area (Å²) in [5.74, 6) is 0.396. The van der Waals surface area contributed by atoms with Crippen molar-refractivity contribution >= 4 is 33.9 Å². The summed E-state index contributed by atoms with van der Waals surface area (Å²) in [5.41, 5.74) is 5.58. The fraction of sp³-hybridized carbons (Fsp3) is 0.345. The van der Waals surface area contributed by atoms with Gasteiger partial charge in [0.2, 0.25) is 0 Å². The zero-order chi connectivity index (χ0) is 24.9. The molecular formula is C29H30N2O4. The van der Waals surface area contributed by atoms with Gasteiger partial charge in [-0.3, -0.25) is 14.6 Å². The summed E-state index contributed by atoms with van der Waals surface area (Å²) >= 11 is 0. The molecule has 0 saturated heterocycles. The minimum absolute atomic E-state index is 0.133. The Bertz CT molecular complexity index is 1390. The number of hydrogen-bond donors (Lipinski definition) is 1. The van der Waals surface area contributed by atoms with E-state index >= 15 is 0 Å². The average molecular weight is 471 g/mol. The van der Waals surface area contributed by atoms with Crippen LogP contribution in [0.4, 0.5) is 5.69 Å². The fourth-order valence-corrected chi connectivity index (χ4v) is 5.14. The molecule has 0 bridgehead atoms. The number of ketones is 1. The Balaban J connectivity index is 1.66. The molecule has 180 valence electrons. The first-order valence-corrected chi connectivity index (χ1v) is 12.0. The van der Waals surface area contributed by atoms with Crippen LogP contribution in [0.2, 0.25) is 0 Å². The summed E-state index contributed by atoms with van der Waals surface area (Å²) < 4.78 is 11.1. The Hall–Kier alpha value is -3.67. The van der Waals surface area contributed by atoms with Crippen LogP contribution in [0.5, 0.6) is 11.5 Å². The molecule has 0 amide bonds. The molecule has 0 saturated carbocycles. The summed E-state index contributed by atoms with van der Waals surface area (Å²) in [6, 6.07) is 13.2.